The molecular formula is C17H23N5O4. The van der Waals surface area contributed by atoms with Gasteiger partial charge in [0.1, 0.15) is 11.8 Å². The molecule has 0 aromatic heterocycles. The second-order valence-corrected chi connectivity index (χ2v) is 5.74. The van der Waals surface area contributed by atoms with Gasteiger partial charge in [-0.15, -0.1) is 0 Å². The maximum atomic E-state index is 11.8. The van der Waals surface area contributed by atoms with E-state index >= 15 is 0 Å². The van der Waals surface area contributed by atoms with Crippen molar-refractivity contribution in [1.82, 2.24) is 21.6 Å². The lowest BCUT2D eigenvalue weighted by Crippen LogP contribution is -2.62. The number of rotatable bonds is 9. The SMILES string of the molecule is CCCCOc1ccc(/C=N/NC(=O)CCC2NNC(=O)NC2=O)cc1. The number of hydrazine groups is 1. The highest BCUT2D eigenvalue weighted by molar-refractivity contribution is 5.99. The first kappa shape index (κ1) is 19.4. The van der Waals surface area contributed by atoms with Crippen LogP contribution in [0.1, 0.15) is 38.2 Å². The molecule has 1 aliphatic rings. The van der Waals surface area contributed by atoms with Crippen LogP contribution in [0.3, 0.4) is 0 Å². The number of nitrogens with zero attached hydrogens (tertiary/aromatic N) is 1. The van der Waals surface area contributed by atoms with E-state index in [1.165, 1.54) is 6.21 Å². The largest absolute Gasteiger partial charge is 0.494 e. The number of hydrogen-bond acceptors (Lipinski definition) is 6. The Balaban J connectivity index is 1.69. The zero-order chi connectivity index (χ0) is 18.8. The van der Waals surface area contributed by atoms with Crippen molar-refractivity contribution in [2.24, 2.45) is 5.10 Å². The van der Waals surface area contributed by atoms with Crippen LogP contribution in [0.15, 0.2) is 29.4 Å². The highest BCUT2D eigenvalue weighted by Gasteiger charge is 2.25. The highest BCUT2D eigenvalue weighted by Crippen LogP contribution is 2.11. The van der Waals surface area contributed by atoms with E-state index in [2.05, 4.69) is 33.6 Å². The van der Waals surface area contributed by atoms with Crippen LogP contribution >= 0.6 is 0 Å². The maximum absolute atomic E-state index is 11.8. The molecule has 1 atom stereocenters. The van der Waals surface area contributed by atoms with Crippen LogP contribution < -0.4 is 26.3 Å². The fraction of sp³-hybridized carbons (Fsp3) is 0.412. The number of urea groups is 1. The Hall–Kier alpha value is -2.94. The third-order valence-corrected chi connectivity index (χ3v) is 3.62. The Kier molecular flexibility index (Phi) is 7.56. The number of unbranched alkanes of at least 4 members (excludes halogenated alkanes) is 1. The Bertz CT molecular complexity index is 660. The van der Waals surface area contributed by atoms with Crippen molar-refractivity contribution in [3.05, 3.63) is 29.8 Å². The van der Waals surface area contributed by atoms with Gasteiger partial charge in [-0.3, -0.25) is 20.3 Å². The summed E-state index contributed by atoms with van der Waals surface area (Å²) in [4.78, 5) is 34.2. The lowest BCUT2D eigenvalue weighted by molar-refractivity contribution is -0.124. The van der Waals surface area contributed by atoms with Crippen LogP contribution in [0, 0.1) is 0 Å². The first-order chi connectivity index (χ1) is 12.6. The second kappa shape index (κ2) is 10.1. The van der Waals surface area contributed by atoms with Crippen molar-refractivity contribution >= 4 is 24.1 Å². The van der Waals surface area contributed by atoms with E-state index < -0.39 is 18.0 Å². The number of carbonyl (C=O) groups excluding carboxylic acids is 3. The fourth-order valence-electron chi connectivity index (χ4n) is 2.15. The lowest BCUT2D eigenvalue weighted by atomic mass is 10.1. The number of carbonyl (C=O) groups is 3. The van der Waals surface area contributed by atoms with Crippen molar-refractivity contribution in [3.8, 4) is 5.75 Å². The van der Waals surface area contributed by atoms with Crippen molar-refractivity contribution in [2.75, 3.05) is 6.61 Å². The average Bonchev–Trinajstić information content (AvgIpc) is 2.62. The van der Waals surface area contributed by atoms with Gasteiger partial charge in [0.05, 0.1) is 12.8 Å². The molecule has 4 amide bonds. The number of ether oxygens (including phenoxy) is 1. The maximum Gasteiger partial charge on any atom is 0.335 e. The summed E-state index contributed by atoms with van der Waals surface area (Å²) in [6.07, 6.45) is 3.94. The van der Waals surface area contributed by atoms with E-state index in [0.717, 1.165) is 24.2 Å². The molecule has 9 heteroatoms. The minimum absolute atomic E-state index is 0.0858. The second-order valence-electron chi connectivity index (χ2n) is 5.74. The van der Waals surface area contributed by atoms with E-state index in [4.69, 9.17) is 4.74 Å². The van der Waals surface area contributed by atoms with Crippen LogP contribution in [-0.2, 0) is 9.59 Å². The summed E-state index contributed by atoms with van der Waals surface area (Å²) in [5, 5.41) is 6.00. The summed E-state index contributed by atoms with van der Waals surface area (Å²) in [6, 6.07) is 6.12. The van der Waals surface area contributed by atoms with Crippen molar-refractivity contribution < 1.29 is 19.1 Å². The standard InChI is InChI=1S/C17H23N5O4/c1-2-3-10-26-13-6-4-12(5-7-13)11-18-21-15(23)9-8-14-16(24)19-17(25)22-20-14/h4-7,11,14,20H,2-3,8-10H2,1H3,(H,21,23)(H2,19,22,24,25)/b18-11+. The van der Waals surface area contributed by atoms with Crippen LogP contribution in [-0.4, -0.2) is 36.7 Å². The molecule has 1 fully saturated rings. The summed E-state index contributed by atoms with van der Waals surface area (Å²) in [7, 11) is 0. The highest BCUT2D eigenvalue weighted by atomic mass is 16.5. The first-order valence-electron chi connectivity index (χ1n) is 8.49. The van der Waals surface area contributed by atoms with Crippen LogP contribution in [0.2, 0.25) is 0 Å². The molecule has 1 aromatic carbocycles. The van der Waals surface area contributed by atoms with E-state index in [0.29, 0.717) is 6.61 Å². The van der Waals surface area contributed by atoms with Crippen LogP contribution in [0.4, 0.5) is 4.79 Å². The van der Waals surface area contributed by atoms with Gasteiger partial charge in [-0.1, -0.05) is 13.3 Å². The van der Waals surface area contributed by atoms with Gasteiger partial charge >= 0.3 is 6.03 Å². The summed E-state index contributed by atoms with van der Waals surface area (Å²) < 4.78 is 5.57. The number of hydrogen-bond donors (Lipinski definition) is 4. The molecule has 9 nitrogen and oxygen atoms in total. The fourth-order valence-corrected chi connectivity index (χ4v) is 2.15. The molecule has 1 saturated heterocycles. The molecule has 26 heavy (non-hydrogen) atoms. The van der Waals surface area contributed by atoms with E-state index in [1.54, 1.807) is 0 Å². The molecular weight excluding hydrogens is 338 g/mol. The summed E-state index contributed by atoms with van der Waals surface area (Å²) in [5.41, 5.74) is 8.04. The van der Waals surface area contributed by atoms with Gasteiger partial charge in [0.25, 0.3) is 0 Å². The molecule has 0 saturated carbocycles. The number of amides is 4. The molecule has 0 radical (unpaired) electrons. The van der Waals surface area contributed by atoms with Gasteiger partial charge in [0.15, 0.2) is 0 Å². The minimum Gasteiger partial charge on any atom is -0.494 e. The smallest absolute Gasteiger partial charge is 0.335 e. The third-order valence-electron chi connectivity index (χ3n) is 3.62. The van der Waals surface area contributed by atoms with Gasteiger partial charge in [-0.05, 0) is 42.7 Å². The molecule has 1 heterocycles. The molecule has 2 rings (SSSR count). The van der Waals surface area contributed by atoms with Gasteiger partial charge in [0, 0.05) is 6.42 Å². The Morgan fingerprint density at radius 3 is 2.77 bits per heavy atom. The molecule has 1 aliphatic heterocycles. The molecule has 140 valence electrons. The molecule has 0 spiro atoms. The zero-order valence-corrected chi connectivity index (χ0v) is 14.6. The van der Waals surface area contributed by atoms with E-state index in [1.807, 2.05) is 24.3 Å². The van der Waals surface area contributed by atoms with Crippen molar-refractivity contribution in [1.29, 1.82) is 0 Å². The van der Waals surface area contributed by atoms with E-state index in [9.17, 15) is 14.4 Å². The van der Waals surface area contributed by atoms with Gasteiger partial charge in [-0.2, -0.15) is 5.10 Å². The predicted octanol–water partition coefficient (Wildman–Crippen LogP) is 0.808. The van der Waals surface area contributed by atoms with Gasteiger partial charge in [-0.25, -0.2) is 15.6 Å². The van der Waals surface area contributed by atoms with Gasteiger partial charge in [0.2, 0.25) is 11.8 Å². The quantitative estimate of drug-likeness (QED) is 0.295. The van der Waals surface area contributed by atoms with E-state index in [-0.39, 0.29) is 18.7 Å². The zero-order valence-electron chi connectivity index (χ0n) is 14.6. The molecule has 0 aliphatic carbocycles. The average molecular weight is 361 g/mol. The Morgan fingerprint density at radius 1 is 1.31 bits per heavy atom. The summed E-state index contributed by atoms with van der Waals surface area (Å²) in [5.74, 6) is 0.00329. The van der Waals surface area contributed by atoms with Gasteiger partial charge < -0.3 is 4.74 Å². The Labute approximate surface area is 151 Å². The normalized spacial score (nSPS) is 16.9. The molecule has 4 N–H and O–H groups in total. The van der Waals surface area contributed by atoms with Crippen molar-refractivity contribution in [3.63, 3.8) is 0 Å². The number of imide groups is 1. The number of benzene rings is 1. The minimum atomic E-state index is -0.650. The predicted molar refractivity (Wildman–Crippen MR) is 95.4 cm³/mol. The molecule has 1 unspecified atom stereocenters. The third kappa shape index (κ3) is 6.52. The number of nitrogens with one attached hydrogen (secondary N) is 4. The van der Waals surface area contributed by atoms with Crippen molar-refractivity contribution in [2.45, 2.75) is 38.6 Å². The monoisotopic (exact) mass is 361 g/mol. The molecule has 1 aromatic rings. The Morgan fingerprint density at radius 2 is 2.08 bits per heavy atom. The first-order valence-corrected chi connectivity index (χ1v) is 8.49. The van der Waals surface area contributed by atoms with Crippen LogP contribution in [0.25, 0.3) is 0 Å². The lowest BCUT2D eigenvalue weighted by Gasteiger charge is -2.22. The topological polar surface area (TPSA) is 121 Å². The summed E-state index contributed by atoms with van der Waals surface area (Å²) >= 11 is 0. The summed E-state index contributed by atoms with van der Waals surface area (Å²) in [6.45, 7) is 2.80. The number of hydrazone groups is 1. The van der Waals surface area contributed by atoms with Crippen LogP contribution in [0.5, 0.6) is 5.75 Å². The molecule has 0 bridgehead atoms.